The SMILES string of the molecule is COc1ccc(CC(CO)c2ccc(Cl)cc2)cc1F. The standard InChI is InChI=1S/C16H16ClFO2/c1-20-16-7-2-11(9-15(16)18)8-13(10-19)12-3-5-14(17)6-4-12/h2-7,9,13,19H,8,10H2,1H3. The number of hydrogen-bond acceptors (Lipinski definition) is 2. The van der Waals surface area contributed by atoms with Gasteiger partial charge in [-0.2, -0.15) is 0 Å². The van der Waals surface area contributed by atoms with Gasteiger partial charge in [-0.25, -0.2) is 4.39 Å². The van der Waals surface area contributed by atoms with Crippen molar-refractivity contribution in [3.8, 4) is 5.75 Å². The predicted octanol–water partition coefficient (Wildman–Crippen LogP) is 3.81. The lowest BCUT2D eigenvalue weighted by atomic mass is 9.92. The third kappa shape index (κ3) is 3.50. The molecule has 0 saturated heterocycles. The average Bonchev–Trinajstić information content (AvgIpc) is 2.46. The van der Waals surface area contributed by atoms with Gasteiger partial charge in [-0.15, -0.1) is 0 Å². The molecule has 0 spiro atoms. The molecule has 0 amide bonds. The highest BCUT2D eigenvalue weighted by molar-refractivity contribution is 6.30. The fourth-order valence-corrected chi connectivity index (χ4v) is 2.27. The van der Waals surface area contributed by atoms with E-state index in [4.69, 9.17) is 16.3 Å². The van der Waals surface area contributed by atoms with Gasteiger partial charge in [0.25, 0.3) is 0 Å². The van der Waals surface area contributed by atoms with Crippen molar-refractivity contribution >= 4 is 11.6 Å². The Labute approximate surface area is 122 Å². The van der Waals surface area contributed by atoms with Crippen LogP contribution in [0.15, 0.2) is 42.5 Å². The van der Waals surface area contributed by atoms with Gasteiger partial charge in [0.05, 0.1) is 13.7 Å². The Morgan fingerprint density at radius 2 is 1.90 bits per heavy atom. The highest BCUT2D eigenvalue weighted by atomic mass is 35.5. The first-order valence-corrected chi connectivity index (χ1v) is 6.70. The van der Waals surface area contributed by atoms with Crippen molar-refractivity contribution in [3.63, 3.8) is 0 Å². The lowest BCUT2D eigenvalue weighted by molar-refractivity contribution is 0.264. The van der Waals surface area contributed by atoms with Crippen LogP contribution in [0.2, 0.25) is 5.02 Å². The van der Waals surface area contributed by atoms with Gasteiger partial charge in [0, 0.05) is 10.9 Å². The lowest BCUT2D eigenvalue weighted by Crippen LogP contribution is -2.08. The van der Waals surface area contributed by atoms with E-state index in [0.29, 0.717) is 11.4 Å². The average molecular weight is 295 g/mol. The predicted molar refractivity (Wildman–Crippen MR) is 77.9 cm³/mol. The highest BCUT2D eigenvalue weighted by Crippen LogP contribution is 2.25. The van der Waals surface area contributed by atoms with Crippen LogP contribution in [-0.4, -0.2) is 18.8 Å². The van der Waals surface area contributed by atoms with Crippen LogP contribution in [-0.2, 0) is 6.42 Å². The summed E-state index contributed by atoms with van der Waals surface area (Å²) < 4.78 is 18.5. The van der Waals surface area contributed by atoms with Crippen LogP contribution in [0.5, 0.6) is 5.75 Å². The summed E-state index contributed by atoms with van der Waals surface area (Å²) in [7, 11) is 1.43. The number of methoxy groups -OCH3 is 1. The van der Waals surface area contributed by atoms with E-state index in [-0.39, 0.29) is 18.3 Å². The van der Waals surface area contributed by atoms with Crippen molar-refractivity contribution in [2.75, 3.05) is 13.7 Å². The summed E-state index contributed by atoms with van der Waals surface area (Å²) in [6.07, 6.45) is 0.555. The largest absolute Gasteiger partial charge is 0.494 e. The minimum absolute atomic E-state index is 0.00468. The Hall–Kier alpha value is -1.58. The second-order valence-corrected chi connectivity index (χ2v) is 5.04. The smallest absolute Gasteiger partial charge is 0.165 e. The van der Waals surface area contributed by atoms with Crippen LogP contribution in [0.1, 0.15) is 17.0 Å². The Kier molecular flexibility index (Phi) is 4.99. The summed E-state index contributed by atoms with van der Waals surface area (Å²) in [5.41, 5.74) is 1.80. The quantitative estimate of drug-likeness (QED) is 0.909. The Morgan fingerprint density at radius 3 is 2.45 bits per heavy atom. The monoisotopic (exact) mass is 294 g/mol. The van der Waals surface area contributed by atoms with Gasteiger partial charge in [0.2, 0.25) is 0 Å². The molecular weight excluding hydrogens is 279 g/mol. The fraction of sp³-hybridized carbons (Fsp3) is 0.250. The van der Waals surface area contributed by atoms with E-state index >= 15 is 0 Å². The fourth-order valence-electron chi connectivity index (χ4n) is 2.14. The van der Waals surface area contributed by atoms with Gasteiger partial charge in [-0.05, 0) is 41.8 Å². The van der Waals surface area contributed by atoms with Gasteiger partial charge in [-0.1, -0.05) is 29.8 Å². The molecule has 2 nitrogen and oxygen atoms in total. The third-order valence-electron chi connectivity index (χ3n) is 3.26. The number of aliphatic hydroxyl groups is 1. The zero-order valence-corrected chi connectivity index (χ0v) is 11.9. The van der Waals surface area contributed by atoms with Crippen molar-refractivity contribution < 1.29 is 14.2 Å². The summed E-state index contributed by atoms with van der Waals surface area (Å²) in [5, 5.41) is 10.2. The minimum atomic E-state index is -0.391. The molecule has 0 fully saturated rings. The summed E-state index contributed by atoms with van der Waals surface area (Å²) in [6.45, 7) is -0.00468. The Morgan fingerprint density at radius 1 is 1.20 bits per heavy atom. The van der Waals surface area contributed by atoms with Crippen molar-refractivity contribution in [1.29, 1.82) is 0 Å². The molecule has 1 atom stereocenters. The topological polar surface area (TPSA) is 29.5 Å². The van der Waals surface area contributed by atoms with Crippen molar-refractivity contribution in [2.45, 2.75) is 12.3 Å². The second kappa shape index (κ2) is 6.73. The Balaban J connectivity index is 2.17. The molecule has 0 aromatic heterocycles. The summed E-state index contributed by atoms with van der Waals surface area (Å²) in [5.74, 6) is -0.251. The molecule has 2 rings (SSSR count). The lowest BCUT2D eigenvalue weighted by Gasteiger charge is -2.15. The summed E-state index contributed by atoms with van der Waals surface area (Å²) >= 11 is 5.85. The Bertz CT molecular complexity index is 569. The molecule has 0 saturated carbocycles. The van der Waals surface area contributed by atoms with Crippen molar-refractivity contribution in [3.05, 3.63) is 64.4 Å². The molecular formula is C16H16ClFO2. The summed E-state index contributed by atoms with van der Waals surface area (Å²) in [4.78, 5) is 0. The molecule has 2 aromatic rings. The zero-order chi connectivity index (χ0) is 14.5. The van der Waals surface area contributed by atoms with Crippen LogP contribution in [0, 0.1) is 5.82 Å². The highest BCUT2D eigenvalue weighted by Gasteiger charge is 2.13. The third-order valence-corrected chi connectivity index (χ3v) is 3.51. The second-order valence-electron chi connectivity index (χ2n) is 4.60. The normalized spacial score (nSPS) is 12.2. The van der Waals surface area contributed by atoms with Gasteiger partial charge in [-0.3, -0.25) is 0 Å². The minimum Gasteiger partial charge on any atom is -0.494 e. The number of aliphatic hydroxyl groups excluding tert-OH is 1. The van der Waals surface area contributed by atoms with E-state index in [1.807, 2.05) is 12.1 Å². The molecule has 2 aromatic carbocycles. The van der Waals surface area contributed by atoms with Crippen molar-refractivity contribution in [2.24, 2.45) is 0 Å². The molecule has 0 aliphatic carbocycles. The van der Waals surface area contributed by atoms with E-state index < -0.39 is 5.82 Å². The number of ether oxygens (including phenoxy) is 1. The first-order chi connectivity index (χ1) is 9.63. The van der Waals surface area contributed by atoms with Crippen LogP contribution in [0.3, 0.4) is 0 Å². The molecule has 1 unspecified atom stereocenters. The maximum atomic E-state index is 13.7. The molecule has 0 aliphatic heterocycles. The van der Waals surface area contributed by atoms with Gasteiger partial charge in [0.15, 0.2) is 11.6 Å². The van der Waals surface area contributed by atoms with Crippen LogP contribution in [0.25, 0.3) is 0 Å². The van der Waals surface area contributed by atoms with E-state index in [9.17, 15) is 9.50 Å². The number of benzene rings is 2. The number of halogens is 2. The van der Waals surface area contributed by atoms with E-state index in [0.717, 1.165) is 11.1 Å². The van der Waals surface area contributed by atoms with Crippen LogP contribution in [0.4, 0.5) is 4.39 Å². The van der Waals surface area contributed by atoms with Gasteiger partial charge >= 0.3 is 0 Å². The van der Waals surface area contributed by atoms with E-state index in [2.05, 4.69) is 0 Å². The van der Waals surface area contributed by atoms with E-state index in [1.165, 1.54) is 13.2 Å². The molecule has 20 heavy (non-hydrogen) atoms. The number of rotatable bonds is 5. The maximum absolute atomic E-state index is 13.7. The molecule has 106 valence electrons. The number of hydrogen-bond donors (Lipinski definition) is 1. The van der Waals surface area contributed by atoms with Crippen molar-refractivity contribution in [1.82, 2.24) is 0 Å². The summed E-state index contributed by atoms with van der Waals surface area (Å²) in [6, 6.07) is 12.2. The zero-order valence-electron chi connectivity index (χ0n) is 11.1. The van der Waals surface area contributed by atoms with Crippen LogP contribution < -0.4 is 4.74 Å². The molecule has 0 radical (unpaired) electrons. The van der Waals surface area contributed by atoms with Crippen LogP contribution >= 0.6 is 11.6 Å². The van der Waals surface area contributed by atoms with Gasteiger partial charge < -0.3 is 9.84 Å². The first-order valence-electron chi connectivity index (χ1n) is 6.32. The first kappa shape index (κ1) is 14.8. The molecule has 0 heterocycles. The van der Waals surface area contributed by atoms with Gasteiger partial charge in [0.1, 0.15) is 0 Å². The molecule has 0 bridgehead atoms. The molecule has 4 heteroatoms. The van der Waals surface area contributed by atoms with E-state index in [1.54, 1.807) is 24.3 Å². The molecule has 0 aliphatic rings. The maximum Gasteiger partial charge on any atom is 0.165 e. The molecule has 1 N–H and O–H groups in total.